The fourth-order valence-corrected chi connectivity index (χ4v) is 2.50. The van der Waals surface area contributed by atoms with Gasteiger partial charge in [0.25, 0.3) is 5.56 Å². The summed E-state index contributed by atoms with van der Waals surface area (Å²) in [5.74, 6) is 0.536. The highest BCUT2D eigenvalue weighted by Gasteiger charge is 2.10. The summed E-state index contributed by atoms with van der Waals surface area (Å²) in [6.07, 6.45) is 1.88. The Labute approximate surface area is 124 Å². The maximum absolute atomic E-state index is 11.4. The molecule has 0 fully saturated rings. The highest BCUT2D eigenvalue weighted by atomic mass is 32.2. The molecule has 2 aromatic heterocycles. The van der Waals surface area contributed by atoms with Crippen LogP contribution in [0, 0.1) is 0 Å². The van der Waals surface area contributed by atoms with Gasteiger partial charge < -0.3 is 0 Å². The number of hydrogen-bond donors (Lipinski definition) is 1. The molecule has 0 saturated carbocycles. The molecule has 0 amide bonds. The molecule has 2 heterocycles. The number of H-pyrrole nitrogens is 1. The summed E-state index contributed by atoms with van der Waals surface area (Å²) >= 11 is 1.42. The molecule has 0 aliphatic heterocycles. The highest BCUT2D eigenvalue weighted by molar-refractivity contribution is 7.98. The molecule has 0 aliphatic rings. The lowest BCUT2D eigenvalue weighted by Gasteiger charge is -2.05. The fourth-order valence-electron chi connectivity index (χ4n) is 2.00. The SMILES string of the molecule is CSc1nc(-c2ccc(C(C)=O)cc2)nc2cc(=O)[nH]n12. The average Bonchev–Trinajstić information content (AvgIpc) is 2.86. The van der Waals surface area contributed by atoms with E-state index >= 15 is 0 Å². The highest BCUT2D eigenvalue weighted by Crippen LogP contribution is 2.20. The minimum Gasteiger partial charge on any atom is -0.295 e. The molecule has 0 spiro atoms. The van der Waals surface area contributed by atoms with Gasteiger partial charge in [0.15, 0.2) is 22.4 Å². The Morgan fingerprint density at radius 1 is 1.24 bits per heavy atom. The normalized spacial score (nSPS) is 11.0. The third-order valence-electron chi connectivity index (χ3n) is 3.06. The number of benzene rings is 1. The van der Waals surface area contributed by atoms with Crippen LogP contribution in [0.25, 0.3) is 17.0 Å². The van der Waals surface area contributed by atoms with Crippen LogP contribution in [0.1, 0.15) is 17.3 Å². The smallest absolute Gasteiger partial charge is 0.266 e. The number of aromatic nitrogens is 4. The third-order valence-corrected chi connectivity index (χ3v) is 3.70. The number of carbonyl (C=O) groups excluding carboxylic acids is 1. The molecule has 6 nitrogen and oxygen atoms in total. The van der Waals surface area contributed by atoms with Crippen LogP contribution in [0.5, 0.6) is 0 Å². The number of carbonyl (C=O) groups is 1. The largest absolute Gasteiger partial charge is 0.295 e. The van der Waals surface area contributed by atoms with Crippen molar-refractivity contribution in [3.8, 4) is 11.4 Å². The number of thioether (sulfide) groups is 1. The van der Waals surface area contributed by atoms with E-state index < -0.39 is 0 Å². The quantitative estimate of drug-likeness (QED) is 0.591. The van der Waals surface area contributed by atoms with Crippen LogP contribution in [0.15, 0.2) is 40.3 Å². The van der Waals surface area contributed by atoms with Crippen molar-refractivity contribution >= 4 is 23.2 Å². The molecule has 0 atom stereocenters. The maximum atomic E-state index is 11.4. The molecule has 0 radical (unpaired) electrons. The minimum atomic E-state index is -0.219. The van der Waals surface area contributed by atoms with E-state index in [2.05, 4.69) is 15.1 Å². The van der Waals surface area contributed by atoms with E-state index in [4.69, 9.17) is 0 Å². The minimum absolute atomic E-state index is 0.0138. The Hall–Kier alpha value is -2.41. The van der Waals surface area contributed by atoms with E-state index in [-0.39, 0.29) is 11.3 Å². The standard InChI is InChI=1S/C14H12N4O2S/c1-8(19)9-3-5-10(6-4-9)13-15-11-7-12(20)17-18(11)14(16-13)21-2/h3-7H,1-2H3,(H,17,20). The zero-order valence-corrected chi connectivity index (χ0v) is 12.3. The fraction of sp³-hybridized carbons (Fsp3) is 0.143. The summed E-state index contributed by atoms with van der Waals surface area (Å²) in [7, 11) is 0. The Morgan fingerprint density at radius 3 is 2.57 bits per heavy atom. The van der Waals surface area contributed by atoms with Crippen LogP contribution in [0.3, 0.4) is 0 Å². The summed E-state index contributed by atoms with van der Waals surface area (Å²) < 4.78 is 1.56. The number of aromatic amines is 1. The molecule has 1 N–H and O–H groups in total. The van der Waals surface area contributed by atoms with Crippen molar-refractivity contribution in [3.63, 3.8) is 0 Å². The van der Waals surface area contributed by atoms with Crippen molar-refractivity contribution in [3.05, 3.63) is 46.2 Å². The number of nitrogens with zero attached hydrogens (tertiary/aromatic N) is 3. The van der Waals surface area contributed by atoms with Gasteiger partial charge in [0.05, 0.1) is 0 Å². The molecule has 0 saturated heterocycles. The van der Waals surface area contributed by atoms with Gasteiger partial charge in [-0.05, 0) is 13.2 Å². The molecule has 3 rings (SSSR count). The Morgan fingerprint density at radius 2 is 1.95 bits per heavy atom. The van der Waals surface area contributed by atoms with Gasteiger partial charge in [-0.1, -0.05) is 36.0 Å². The van der Waals surface area contributed by atoms with Crippen LogP contribution in [0.4, 0.5) is 0 Å². The zero-order valence-electron chi connectivity index (χ0n) is 11.5. The van der Waals surface area contributed by atoms with Gasteiger partial charge >= 0.3 is 0 Å². The predicted molar refractivity (Wildman–Crippen MR) is 80.8 cm³/mol. The van der Waals surface area contributed by atoms with Crippen LogP contribution in [-0.2, 0) is 0 Å². The summed E-state index contributed by atoms with van der Waals surface area (Å²) in [6.45, 7) is 1.52. The van der Waals surface area contributed by atoms with E-state index in [1.165, 1.54) is 24.8 Å². The van der Waals surface area contributed by atoms with Gasteiger partial charge in [-0.25, -0.2) is 14.5 Å². The first-order valence-electron chi connectivity index (χ1n) is 6.23. The van der Waals surface area contributed by atoms with E-state index in [0.29, 0.717) is 22.2 Å². The molecule has 3 aromatic rings. The monoisotopic (exact) mass is 300 g/mol. The lowest BCUT2D eigenvalue weighted by atomic mass is 10.1. The van der Waals surface area contributed by atoms with Crippen molar-refractivity contribution in [2.24, 2.45) is 0 Å². The number of Topliss-reactive ketones (excluding diaryl/α,β-unsaturated/α-hetero) is 1. The molecule has 0 bridgehead atoms. The first-order valence-corrected chi connectivity index (χ1v) is 7.46. The number of hydrogen-bond acceptors (Lipinski definition) is 5. The van der Waals surface area contributed by atoms with Crippen LogP contribution >= 0.6 is 11.8 Å². The van der Waals surface area contributed by atoms with Gasteiger partial charge in [-0.15, -0.1) is 0 Å². The maximum Gasteiger partial charge on any atom is 0.266 e. The van der Waals surface area contributed by atoms with Crippen molar-refractivity contribution in [1.82, 2.24) is 19.6 Å². The molecular formula is C14H12N4O2S. The van der Waals surface area contributed by atoms with Crippen molar-refractivity contribution in [2.75, 3.05) is 6.26 Å². The first-order chi connectivity index (χ1) is 10.1. The lowest BCUT2D eigenvalue weighted by Crippen LogP contribution is -2.04. The number of ketones is 1. The summed E-state index contributed by atoms with van der Waals surface area (Å²) in [5.41, 5.74) is 1.74. The second-order valence-electron chi connectivity index (χ2n) is 4.48. The third kappa shape index (κ3) is 2.47. The van der Waals surface area contributed by atoms with Crippen molar-refractivity contribution in [2.45, 2.75) is 12.1 Å². The van der Waals surface area contributed by atoms with Crippen molar-refractivity contribution < 1.29 is 4.79 Å². The zero-order chi connectivity index (χ0) is 15.0. The van der Waals surface area contributed by atoms with Gasteiger partial charge in [-0.3, -0.25) is 14.7 Å². The summed E-state index contributed by atoms with van der Waals surface area (Å²) in [6, 6.07) is 8.52. The second kappa shape index (κ2) is 5.17. The first kappa shape index (κ1) is 13.6. The Kier molecular flexibility index (Phi) is 3.34. The molecule has 1 aromatic carbocycles. The molecular weight excluding hydrogens is 288 g/mol. The van der Waals surface area contributed by atoms with Gasteiger partial charge in [0.2, 0.25) is 0 Å². The van der Waals surface area contributed by atoms with Crippen LogP contribution in [0.2, 0.25) is 0 Å². The average molecular weight is 300 g/mol. The predicted octanol–water partition coefficient (Wildman–Crippen LogP) is 2.01. The topological polar surface area (TPSA) is 80.1 Å². The van der Waals surface area contributed by atoms with Crippen LogP contribution in [-0.4, -0.2) is 31.6 Å². The molecule has 0 unspecified atom stereocenters. The molecule has 7 heteroatoms. The Balaban J connectivity index is 2.15. The van der Waals surface area contributed by atoms with Gasteiger partial charge in [0.1, 0.15) is 0 Å². The second-order valence-corrected chi connectivity index (χ2v) is 5.25. The van der Waals surface area contributed by atoms with Crippen LogP contribution < -0.4 is 5.56 Å². The van der Waals surface area contributed by atoms with E-state index in [0.717, 1.165) is 5.56 Å². The lowest BCUT2D eigenvalue weighted by molar-refractivity contribution is 0.101. The van der Waals surface area contributed by atoms with E-state index in [1.807, 2.05) is 6.26 Å². The number of fused-ring (bicyclic) bond motifs is 1. The summed E-state index contributed by atoms with van der Waals surface area (Å²) in [5, 5.41) is 3.30. The number of rotatable bonds is 3. The number of nitrogens with one attached hydrogen (secondary N) is 1. The van der Waals surface area contributed by atoms with Crippen molar-refractivity contribution in [1.29, 1.82) is 0 Å². The van der Waals surface area contributed by atoms with E-state index in [1.54, 1.807) is 28.8 Å². The van der Waals surface area contributed by atoms with Gasteiger partial charge in [-0.2, -0.15) is 0 Å². The van der Waals surface area contributed by atoms with E-state index in [9.17, 15) is 9.59 Å². The summed E-state index contributed by atoms with van der Waals surface area (Å²) in [4.78, 5) is 31.5. The van der Waals surface area contributed by atoms with Gasteiger partial charge in [0, 0.05) is 17.2 Å². The Bertz CT molecular complexity index is 880. The molecule has 0 aliphatic carbocycles. The molecule has 106 valence electrons. The molecule has 21 heavy (non-hydrogen) atoms.